The Kier molecular flexibility index (Phi) is 19.9. The molecule has 31 heteroatoms. The molecule has 9 rings (SSSR count). The Morgan fingerprint density at radius 1 is 0.376 bits per heavy atom. The van der Waals surface area contributed by atoms with Gasteiger partial charge in [-0.05, 0) is 47.5 Å². The van der Waals surface area contributed by atoms with E-state index in [1.807, 2.05) is 0 Å². The fourth-order valence-corrected chi connectivity index (χ4v) is 12.9. The van der Waals surface area contributed by atoms with E-state index in [0.717, 1.165) is 65.6 Å². The number of ether oxygens (including phenoxy) is 3. The van der Waals surface area contributed by atoms with Crippen LogP contribution in [0.2, 0.25) is 0 Å². The van der Waals surface area contributed by atoms with E-state index in [0.29, 0.717) is 11.1 Å². The Bertz CT molecular complexity index is 3300. The number of benzene rings is 6. The third kappa shape index (κ3) is 14.3. The second kappa shape index (κ2) is 26.5. The molecule has 3 aliphatic rings. The molecule has 0 saturated heterocycles. The number of phenols is 13. The molecular formula is C54H57N3O25S3. The number of aliphatic hydroxyl groups is 3. The second-order valence-electron chi connectivity index (χ2n) is 19.2. The molecule has 6 aromatic rings. The molecule has 0 spiro atoms. The predicted octanol–water partition coefficient (Wildman–Crippen LogP) is 3.28. The number of rotatable bonds is 15. The van der Waals surface area contributed by atoms with Gasteiger partial charge in [0.15, 0.2) is 58.6 Å². The standard InChI is InChI=1S/C18H19NO9S.2C18H19NO8S/c19-8(18(26)27)5-29-17-13-9(21)3-7(20)4-12(13)28-16(15(17)25)6-1-10(22)14(24)11(23)2-6;2*19-9(18(25)26)6-28-17-14-12(23)4-8(20)5-13(14)27-16(15(17)24)7-1-2-10(21)11(22)3-7/h1-4,8,15-17,20-25H,5,19H2,(H,26,27);2*1-5,9,15-17,20-24H,6,19H2,(H,25,26)/t8-,15-,16+,17-;9-,15+,16+,17-;9-,15-,16+,17-/m000/s1. The normalized spacial score (nSPS) is 22.0. The van der Waals surface area contributed by atoms with Crippen LogP contribution in [0.1, 0.15) is 67.4 Å². The summed E-state index contributed by atoms with van der Waals surface area (Å²) in [7, 11) is 0. The lowest BCUT2D eigenvalue weighted by Gasteiger charge is -2.37. The number of phenolic OH excluding ortho intramolecular Hbond substituents is 13. The van der Waals surface area contributed by atoms with Crippen LogP contribution in [-0.2, 0) is 14.4 Å². The van der Waals surface area contributed by atoms with Crippen molar-refractivity contribution in [3.63, 3.8) is 0 Å². The number of carboxylic acids is 3. The van der Waals surface area contributed by atoms with E-state index in [1.165, 1.54) is 54.6 Å². The van der Waals surface area contributed by atoms with Gasteiger partial charge in [0, 0.05) is 59.2 Å². The summed E-state index contributed by atoms with van der Waals surface area (Å²) < 4.78 is 17.2. The van der Waals surface area contributed by atoms with Crippen LogP contribution >= 0.6 is 35.3 Å². The molecule has 0 amide bonds. The first-order chi connectivity index (χ1) is 40.0. The molecule has 3 aliphatic heterocycles. The minimum Gasteiger partial charge on any atom is -0.508 e. The zero-order valence-electron chi connectivity index (χ0n) is 43.5. The third-order valence-corrected chi connectivity index (χ3v) is 17.5. The average molecular weight is 1240 g/mol. The van der Waals surface area contributed by atoms with E-state index in [1.54, 1.807) is 0 Å². The molecule has 0 aromatic heterocycles. The minimum atomic E-state index is -1.37. The fraction of sp³-hybridized carbons (Fsp3) is 0.278. The van der Waals surface area contributed by atoms with E-state index in [2.05, 4.69) is 0 Å². The lowest BCUT2D eigenvalue weighted by atomic mass is 9.93. The number of aliphatic carboxylic acids is 3. The Balaban J connectivity index is 0.000000183. The van der Waals surface area contributed by atoms with Gasteiger partial charge < -0.3 is 128 Å². The topological polar surface area (TPSA) is 541 Å². The first kappa shape index (κ1) is 63.9. The number of carbonyl (C=O) groups is 3. The van der Waals surface area contributed by atoms with Gasteiger partial charge in [0.25, 0.3) is 0 Å². The van der Waals surface area contributed by atoms with Crippen molar-refractivity contribution < 1.29 is 126 Å². The lowest BCUT2D eigenvalue weighted by molar-refractivity contribution is -0.138. The van der Waals surface area contributed by atoms with E-state index in [9.17, 15) is 96.1 Å². The second-order valence-corrected chi connectivity index (χ2v) is 22.7. The van der Waals surface area contributed by atoms with Gasteiger partial charge in [-0.3, -0.25) is 14.4 Å². The molecule has 0 aliphatic carbocycles. The summed E-state index contributed by atoms with van der Waals surface area (Å²) in [6.07, 6.45) is -7.08. The smallest absolute Gasteiger partial charge is 0.321 e. The maximum absolute atomic E-state index is 11.0. The van der Waals surface area contributed by atoms with Crippen LogP contribution in [0.5, 0.6) is 92.0 Å². The van der Waals surface area contributed by atoms with Gasteiger partial charge in [-0.15, -0.1) is 35.3 Å². The van der Waals surface area contributed by atoms with Crippen LogP contribution in [0.4, 0.5) is 0 Å². The molecule has 28 nitrogen and oxygen atoms in total. The Hall–Kier alpha value is -8.66. The third-order valence-electron chi connectivity index (χ3n) is 13.2. The molecule has 25 N–H and O–H groups in total. The van der Waals surface area contributed by atoms with Crippen LogP contribution in [0, 0.1) is 0 Å². The largest absolute Gasteiger partial charge is 0.508 e. The van der Waals surface area contributed by atoms with Crippen molar-refractivity contribution in [2.75, 3.05) is 17.3 Å². The molecule has 0 unspecified atom stereocenters. The highest BCUT2D eigenvalue weighted by Gasteiger charge is 2.44. The predicted molar refractivity (Wildman–Crippen MR) is 301 cm³/mol. The number of hydrogen-bond acceptors (Lipinski definition) is 28. The van der Waals surface area contributed by atoms with Crippen molar-refractivity contribution >= 4 is 53.2 Å². The maximum Gasteiger partial charge on any atom is 0.321 e. The van der Waals surface area contributed by atoms with E-state index >= 15 is 0 Å². The maximum atomic E-state index is 11.0. The van der Waals surface area contributed by atoms with Crippen molar-refractivity contribution in [2.24, 2.45) is 17.2 Å². The van der Waals surface area contributed by atoms with Gasteiger partial charge in [-0.25, -0.2) is 0 Å². The van der Waals surface area contributed by atoms with Gasteiger partial charge in [-0.2, -0.15) is 0 Å². The molecule has 6 aromatic carbocycles. The number of thioether (sulfide) groups is 3. The van der Waals surface area contributed by atoms with Crippen molar-refractivity contribution in [3.05, 3.63) is 118 Å². The Morgan fingerprint density at radius 3 is 0.918 bits per heavy atom. The number of carboxylic acid groups (broad SMARTS) is 3. The molecule has 12 atom stereocenters. The zero-order valence-corrected chi connectivity index (χ0v) is 46.0. The van der Waals surface area contributed by atoms with Crippen molar-refractivity contribution in [1.82, 2.24) is 0 Å². The summed E-state index contributed by atoms with van der Waals surface area (Å²) in [5.74, 6) is -8.98. The highest BCUT2D eigenvalue weighted by molar-refractivity contribution is 8.00. The molecule has 456 valence electrons. The molecule has 0 radical (unpaired) electrons. The van der Waals surface area contributed by atoms with Crippen molar-refractivity contribution in [1.29, 1.82) is 0 Å². The fourth-order valence-electron chi connectivity index (χ4n) is 8.95. The zero-order chi connectivity index (χ0) is 62.6. The van der Waals surface area contributed by atoms with Crippen molar-refractivity contribution in [3.8, 4) is 92.0 Å². The molecule has 0 bridgehead atoms. The van der Waals surface area contributed by atoms with Crippen LogP contribution in [0.3, 0.4) is 0 Å². The summed E-state index contributed by atoms with van der Waals surface area (Å²) >= 11 is 3.00. The summed E-state index contributed by atoms with van der Waals surface area (Å²) in [6, 6.07) is 13.4. The van der Waals surface area contributed by atoms with E-state index in [-0.39, 0.29) is 103 Å². The van der Waals surface area contributed by atoms with Gasteiger partial charge >= 0.3 is 17.9 Å². The van der Waals surface area contributed by atoms with Crippen LogP contribution in [0.15, 0.2) is 84.9 Å². The number of nitrogens with two attached hydrogens (primary N) is 3. The van der Waals surface area contributed by atoms with Crippen LogP contribution < -0.4 is 31.4 Å². The molecule has 0 saturated carbocycles. The Labute approximate surface area is 492 Å². The van der Waals surface area contributed by atoms with Crippen LogP contribution in [0.25, 0.3) is 0 Å². The highest BCUT2D eigenvalue weighted by atomic mass is 32.2. The molecular weight excluding hydrogens is 1190 g/mol. The summed E-state index contributed by atoms with van der Waals surface area (Å²) in [4.78, 5) is 33.0. The highest BCUT2D eigenvalue weighted by Crippen LogP contribution is 2.56. The quantitative estimate of drug-likeness (QED) is 0.0656. The number of aromatic hydroxyl groups is 13. The van der Waals surface area contributed by atoms with Gasteiger partial charge in [0.1, 0.15) is 88.2 Å². The molecule has 3 heterocycles. The van der Waals surface area contributed by atoms with E-state index in [4.69, 9.17) is 46.7 Å². The number of hydrogen-bond donors (Lipinski definition) is 22. The summed E-state index contributed by atoms with van der Waals surface area (Å²) in [5, 5.41) is 185. The first-order valence-electron chi connectivity index (χ1n) is 24.8. The average Bonchev–Trinajstić information content (AvgIpc) is 1.38. The number of fused-ring (bicyclic) bond motifs is 3. The molecule has 0 fully saturated rings. The van der Waals surface area contributed by atoms with Crippen molar-refractivity contribution in [2.45, 2.75) is 70.5 Å². The lowest BCUT2D eigenvalue weighted by Crippen LogP contribution is -2.36. The minimum absolute atomic E-state index is 0.0197. The van der Waals surface area contributed by atoms with Gasteiger partial charge in [0.2, 0.25) is 0 Å². The summed E-state index contributed by atoms with van der Waals surface area (Å²) in [6.45, 7) is 0. The molecule has 85 heavy (non-hydrogen) atoms. The van der Waals surface area contributed by atoms with E-state index < -0.39 is 117 Å². The van der Waals surface area contributed by atoms with Gasteiger partial charge in [0.05, 0.1) is 32.4 Å². The van der Waals surface area contributed by atoms with Crippen LogP contribution in [-0.4, -0.2) is 169 Å². The summed E-state index contributed by atoms with van der Waals surface area (Å²) in [5.41, 5.74) is 17.9. The van der Waals surface area contributed by atoms with Gasteiger partial charge in [-0.1, -0.05) is 12.1 Å². The SMILES string of the molecule is N[C@@H](CS[C@H]1c2c(O)cc(O)cc2O[C@H](c2cc(O)c(O)c(O)c2)[C@@H]1O)C(=O)O.N[C@@H](CS[C@H]1c2c(O)cc(O)cc2O[C@H](c2ccc(O)c(O)c2)[C@@H]1O)C(=O)O.N[C@@H](CS[C@H]1c2c(O)cc(O)cc2O[C@H](c2ccc(O)c(O)c2)[C@H]1O)C(=O)O. The monoisotopic (exact) mass is 1240 g/mol. The Morgan fingerprint density at radius 2 is 0.647 bits per heavy atom. The first-order valence-corrected chi connectivity index (χ1v) is 27.9. The number of aliphatic hydroxyl groups excluding tert-OH is 3.